The molecular formula is C19H19N5O2. The van der Waals surface area contributed by atoms with Gasteiger partial charge in [0.25, 0.3) is 0 Å². The minimum absolute atomic E-state index is 0.120. The Morgan fingerprint density at radius 2 is 2.00 bits per heavy atom. The number of aromatic nitrogens is 3. The number of aromatic hydroxyl groups is 1. The second-order valence-corrected chi connectivity index (χ2v) is 6.38. The molecule has 1 aliphatic heterocycles. The van der Waals surface area contributed by atoms with E-state index in [1.807, 2.05) is 43.3 Å². The summed E-state index contributed by atoms with van der Waals surface area (Å²) in [6.07, 6.45) is 1.46. The van der Waals surface area contributed by atoms with E-state index in [-0.39, 0.29) is 23.7 Å². The van der Waals surface area contributed by atoms with Gasteiger partial charge in [-0.05, 0) is 36.8 Å². The van der Waals surface area contributed by atoms with Crippen molar-refractivity contribution in [1.82, 2.24) is 14.8 Å². The number of fused-ring (bicyclic) bond motifs is 1. The van der Waals surface area contributed by atoms with Crippen molar-refractivity contribution in [2.45, 2.75) is 19.0 Å². The standard InChI is InChI=1S/C19H19N5O2/c1-12-16(18(26)23-14-7-3-2-4-8-14)17(13-6-5-9-15(25)10-13)24-19(22-12)20-11-21-24/h2-12,16-17,25H,1H3,(H,23,26)(H,20,21,22)/t12-,16-,17+/m0/s1. The van der Waals surface area contributed by atoms with Gasteiger partial charge in [0.2, 0.25) is 11.9 Å². The van der Waals surface area contributed by atoms with Crippen LogP contribution in [0.4, 0.5) is 11.6 Å². The number of amides is 1. The highest BCUT2D eigenvalue weighted by atomic mass is 16.3. The molecule has 3 aromatic rings. The Labute approximate surface area is 150 Å². The van der Waals surface area contributed by atoms with Gasteiger partial charge < -0.3 is 15.7 Å². The van der Waals surface area contributed by atoms with E-state index in [0.717, 1.165) is 11.3 Å². The first-order chi connectivity index (χ1) is 12.6. The molecule has 2 aromatic carbocycles. The third-order valence-corrected chi connectivity index (χ3v) is 4.63. The Morgan fingerprint density at radius 1 is 1.19 bits per heavy atom. The van der Waals surface area contributed by atoms with Crippen molar-refractivity contribution in [2.24, 2.45) is 5.92 Å². The van der Waals surface area contributed by atoms with E-state index < -0.39 is 5.92 Å². The second-order valence-electron chi connectivity index (χ2n) is 6.38. The number of para-hydroxylation sites is 1. The van der Waals surface area contributed by atoms with Gasteiger partial charge in [-0.1, -0.05) is 30.3 Å². The lowest BCUT2D eigenvalue weighted by atomic mass is 9.85. The molecule has 1 aliphatic rings. The van der Waals surface area contributed by atoms with Gasteiger partial charge in [-0.3, -0.25) is 4.79 Å². The molecule has 4 rings (SSSR count). The van der Waals surface area contributed by atoms with Crippen molar-refractivity contribution in [3.05, 3.63) is 66.5 Å². The number of nitrogens with one attached hydrogen (secondary N) is 2. The highest BCUT2D eigenvalue weighted by molar-refractivity contribution is 5.94. The fourth-order valence-electron chi connectivity index (χ4n) is 3.45. The predicted octanol–water partition coefficient (Wildman–Crippen LogP) is 2.64. The first-order valence-corrected chi connectivity index (χ1v) is 8.44. The van der Waals surface area contributed by atoms with Crippen molar-refractivity contribution in [3.8, 4) is 5.75 Å². The lowest BCUT2D eigenvalue weighted by Gasteiger charge is -2.36. The van der Waals surface area contributed by atoms with Crippen LogP contribution < -0.4 is 10.6 Å². The summed E-state index contributed by atoms with van der Waals surface area (Å²) >= 11 is 0. The van der Waals surface area contributed by atoms with E-state index in [2.05, 4.69) is 20.7 Å². The highest BCUT2D eigenvalue weighted by Crippen LogP contribution is 2.37. The molecule has 0 aliphatic carbocycles. The number of phenolic OH excluding ortho intramolecular Hbond substituents is 1. The molecule has 132 valence electrons. The Hall–Kier alpha value is -3.35. The molecule has 7 heteroatoms. The maximum Gasteiger partial charge on any atom is 0.232 e. The van der Waals surface area contributed by atoms with Crippen LogP contribution in [0.15, 0.2) is 60.9 Å². The predicted molar refractivity (Wildman–Crippen MR) is 97.9 cm³/mol. The number of benzene rings is 2. The minimum Gasteiger partial charge on any atom is -0.508 e. The molecule has 3 atom stereocenters. The minimum atomic E-state index is -0.439. The Bertz CT molecular complexity index is 924. The molecule has 0 bridgehead atoms. The summed E-state index contributed by atoms with van der Waals surface area (Å²) in [4.78, 5) is 17.3. The van der Waals surface area contributed by atoms with Gasteiger partial charge in [0.05, 0.1) is 12.0 Å². The molecule has 0 unspecified atom stereocenters. The first kappa shape index (κ1) is 16.1. The average Bonchev–Trinajstić information content (AvgIpc) is 3.09. The van der Waals surface area contributed by atoms with E-state index in [4.69, 9.17) is 0 Å². The van der Waals surface area contributed by atoms with Crippen LogP contribution in [0, 0.1) is 5.92 Å². The van der Waals surface area contributed by atoms with Crippen LogP contribution in [-0.2, 0) is 4.79 Å². The largest absolute Gasteiger partial charge is 0.508 e. The van der Waals surface area contributed by atoms with E-state index in [9.17, 15) is 9.90 Å². The number of nitrogens with zero attached hydrogens (tertiary/aromatic N) is 3. The van der Waals surface area contributed by atoms with E-state index in [1.165, 1.54) is 6.33 Å². The molecule has 0 spiro atoms. The van der Waals surface area contributed by atoms with Crippen molar-refractivity contribution in [3.63, 3.8) is 0 Å². The molecule has 0 saturated heterocycles. The monoisotopic (exact) mass is 349 g/mol. The third kappa shape index (κ3) is 2.88. The van der Waals surface area contributed by atoms with E-state index in [1.54, 1.807) is 22.9 Å². The van der Waals surface area contributed by atoms with Crippen molar-refractivity contribution in [2.75, 3.05) is 10.6 Å². The number of phenols is 1. The van der Waals surface area contributed by atoms with Crippen LogP contribution in [-0.4, -0.2) is 31.8 Å². The topological polar surface area (TPSA) is 92.1 Å². The highest BCUT2D eigenvalue weighted by Gasteiger charge is 2.41. The van der Waals surface area contributed by atoms with Crippen LogP contribution in [0.1, 0.15) is 18.5 Å². The molecule has 26 heavy (non-hydrogen) atoms. The molecular weight excluding hydrogens is 330 g/mol. The summed E-state index contributed by atoms with van der Waals surface area (Å²) < 4.78 is 1.70. The molecule has 0 radical (unpaired) electrons. The fourth-order valence-corrected chi connectivity index (χ4v) is 3.45. The Kier molecular flexibility index (Phi) is 4.04. The number of hydrogen-bond acceptors (Lipinski definition) is 5. The number of rotatable bonds is 3. The number of carbonyl (C=O) groups excluding carboxylic acids is 1. The summed E-state index contributed by atoms with van der Waals surface area (Å²) in [6, 6.07) is 15.7. The summed E-state index contributed by atoms with van der Waals surface area (Å²) in [6.45, 7) is 1.95. The average molecular weight is 349 g/mol. The molecule has 3 N–H and O–H groups in total. The number of hydrogen-bond donors (Lipinski definition) is 3. The molecule has 2 heterocycles. The lowest BCUT2D eigenvalue weighted by Crippen LogP contribution is -2.46. The van der Waals surface area contributed by atoms with Gasteiger partial charge in [0.1, 0.15) is 12.1 Å². The normalized spacial score (nSPS) is 21.5. The lowest BCUT2D eigenvalue weighted by molar-refractivity contribution is -0.121. The molecule has 1 aromatic heterocycles. The zero-order chi connectivity index (χ0) is 18.1. The Morgan fingerprint density at radius 3 is 2.77 bits per heavy atom. The molecule has 1 amide bonds. The second kappa shape index (κ2) is 6.51. The zero-order valence-corrected chi connectivity index (χ0v) is 14.2. The maximum absolute atomic E-state index is 13.1. The van der Waals surface area contributed by atoms with Gasteiger partial charge in [0, 0.05) is 11.7 Å². The van der Waals surface area contributed by atoms with E-state index in [0.29, 0.717) is 5.95 Å². The third-order valence-electron chi connectivity index (χ3n) is 4.63. The van der Waals surface area contributed by atoms with Crippen LogP contribution >= 0.6 is 0 Å². The van der Waals surface area contributed by atoms with Crippen molar-refractivity contribution in [1.29, 1.82) is 0 Å². The summed E-state index contributed by atoms with van der Waals surface area (Å²) in [5.74, 6) is 0.198. The van der Waals surface area contributed by atoms with Crippen LogP contribution in [0.25, 0.3) is 0 Å². The van der Waals surface area contributed by atoms with Crippen molar-refractivity contribution < 1.29 is 9.90 Å². The fraction of sp³-hybridized carbons (Fsp3) is 0.211. The van der Waals surface area contributed by atoms with Gasteiger partial charge in [0.15, 0.2) is 0 Å². The summed E-state index contributed by atoms with van der Waals surface area (Å²) in [5, 5.41) is 20.4. The first-order valence-electron chi connectivity index (χ1n) is 8.44. The summed E-state index contributed by atoms with van der Waals surface area (Å²) in [7, 11) is 0. The zero-order valence-electron chi connectivity index (χ0n) is 14.2. The number of carbonyl (C=O) groups is 1. The van der Waals surface area contributed by atoms with Gasteiger partial charge in [-0.25, -0.2) is 4.68 Å². The summed E-state index contributed by atoms with van der Waals surface area (Å²) in [5.41, 5.74) is 1.54. The van der Waals surface area contributed by atoms with Gasteiger partial charge >= 0.3 is 0 Å². The van der Waals surface area contributed by atoms with Crippen LogP contribution in [0.5, 0.6) is 5.75 Å². The van der Waals surface area contributed by atoms with Gasteiger partial charge in [-0.2, -0.15) is 10.1 Å². The number of anilines is 2. The van der Waals surface area contributed by atoms with Crippen LogP contribution in [0.3, 0.4) is 0 Å². The SMILES string of the molecule is C[C@@H]1Nc2ncnn2[C@H](c2cccc(O)c2)[C@H]1C(=O)Nc1ccccc1. The maximum atomic E-state index is 13.1. The van der Waals surface area contributed by atoms with E-state index >= 15 is 0 Å². The van der Waals surface area contributed by atoms with Gasteiger partial charge in [-0.15, -0.1) is 0 Å². The molecule has 0 saturated carbocycles. The van der Waals surface area contributed by atoms with Crippen LogP contribution in [0.2, 0.25) is 0 Å². The van der Waals surface area contributed by atoms with Crippen molar-refractivity contribution >= 4 is 17.5 Å². The Balaban J connectivity index is 1.74. The quantitative estimate of drug-likeness (QED) is 0.676. The molecule has 0 fully saturated rings. The smallest absolute Gasteiger partial charge is 0.232 e. The molecule has 7 nitrogen and oxygen atoms in total.